The molecule has 0 aliphatic heterocycles. The Morgan fingerprint density at radius 2 is 1.94 bits per heavy atom. The highest BCUT2D eigenvalue weighted by Crippen LogP contribution is 2.25. The van der Waals surface area contributed by atoms with Gasteiger partial charge in [0.05, 0.1) is 0 Å². The van der Waals surface area contributed by atoms with Crippen molar-refractivity contribution in [1.29, 1.82) is 0 Å². The summed E-state index contributed by atoms with van der Waals surface area (Å²) in [6, 6.07) is 6.23. The lowest BCUT2D eigenvalue weighted by Gasteiger charge is -2.09. The summed E-state index contributed by atoms with van der Waals surface area (Å²) in [5, 5.41) is 0.593. The summed E-state index contributed by atoms with van der Waals surface area (Å²) in [4.78, 5) is 14.2. The van der Waals surface area contributed by atoms with Crippen LogP contribution >= 0.6 is 15.9 Å². The molecule has 0 aliphatic rings. The maximum Gasteiger partial charge on any atom is 0.251 e. The zero-order valence-electron chi connectivity index (χ0n) is 9.26. The second-order valence-corrected chi connectivity index (χ2v) is 4.34. The summed E-state index contributed by atoms with van der Waals surface area (Å²) in [7, 11) is 0. The molecule has 2 rings (SSSR count). The zero-order chi connectivity index (χ0) is 12.4. The molecule has 0 saturated heterocycles. The molecule has 88 valence electrons. The molecule has 0 unspecified atom stereocenters. The van der Waals surface area contributed by atoms with E-state index in [-0.39, 0.29) is 11.4 Å². The predicted molar refractivity (Wildman–Crippen MR) is 69.8 cm³/mol. The van der Waals surface area contributed by atoms with E-state index in [1.165, 1.54) is 12.1 Å². The monoisotopic (exact) mass is 295 g/mol. The standard InChI is InChI=1S/C13H11BrFNO/c1-8-11(6-14)12(7-16-13(8)17)9-2-4-10(15)5-3-9/h2-5,7H,6H2,1H3,(H,16,17). The fourth-order valence-corrected chi connectivity index (χ4v) is 2.45. The largest absolute Gasteiger partial charge is 0.328 e. The Hall–Kier alpha value is -1.42. The van der Waals surface area contributed by atoms with Crippen LogP contribution in [0.15, 0.2) is 35.3 Å². The van der Waals surface area contributed by atoms with Crippen molar-refractivity contribution < 1.29 is 4.39 Å². The van der Waals surface area contributed by atoms with E-state index in [2.05, 4.69) is 20.9 Å². The lowest BCUT2D eigenvalue weighted by atomic mass is 10.00. The molecule has 0 saturated carbocycles. The van der Waals surface area contributed by atoms with Gasteiger partial charge in [0.15, 0.2) is 0 Å². The van der Waals surface area contributed by atoms with E-state index in [1.54, 1.807) is 25.3 Å². The van der Waals surface area contributed by atoms with Crippen molar-refractivity contribution in [2.24, 2.45) is 0 Å². The van der Waals surface area contributed by atoms with Crippen molar-refractivity contribution >= 4 is 15.9 Å². The molecule has 0 radical (unpaired) electrons. The maximum absolute atomic E-state index is 12.9. The van der Waals surface area contributed by atoms with Gasteiger partial charge in [0.1, 0.15) is 5.82 Å². The van der Waals surface area contributed by atoms with E-state index < -0.39 is 0 Å². The Morgan fingerprint density at radius 1 is 1.29 bits per heavy atom. The van der Waals surface area contributed by atoms with Crippen molar-refractivity contribution in [2.45, 2.75) is 12.3 Å². The van der Waals surface area contributed by atoms with Gasteiger partial charge in [-0.3, -0.25) is 4.79 Å². The zero-order valence-corrected chi connectivity index (χ0v) is 10.8. The van der Waals surface area contributed by atoms with Gasteiger partial charge in [0, 0.05) is 22.7 Å². The fourth-order valence-electron chi connectivity index (χ4n) is 1.73. The molecule has 17 heavy (non-hydrogen) atoms. The van der Waals surface area contributed by atoms with Crippen LogP contribution in [0.1, 0.15) is 11.1 Å². The summed E-state index contributed by atoms with van der Waals surface area (Å²) in [6.07, 6.45) is 1.67. The van der Waals surface area contributed by atoms with Crippen LogP contribution in [0.25, 0.3) is 11.1 Å². The summed E-state index contributed by atoms with van der Waals surface area (Å²) >= 11 is 3.38. The lowest BCUT2D eigenvalue weighted by Crippen LogP contribution is -2.12. The number of H-pyrrole nitrogens is 1. The van der Waals surface area contributed by atoms with Crippen LogP contribution in [0.5, 0.6) is 0 Å². The SMILES string of the molecule is Cc1c(CBr)c(-c2ccc(F)cc2)c[nH]c1=O. The van der Waals surface area contributed by atoms with Gasteiger partial charge < -0.3 is 4.98 Å². The minimum atomic E-state index is -0.268. The van der Waals surface area contributed by atoms with Crippen molar-refractivity contribution in [2.75, 3.05) is 0 Å². The molecule has 0 amide bonds. The number of nitrogens with one attached hydrogen (secondary N) is 1. The van der Waals surface area contributed by atoms with Crippen molar-refractivity contribution in [3.63, 3.8) is 0 Å². The number of halogens is 2. The molecule has 1 aromatic heterocycles. The molecular formula is C13H11BrFNO. The van der Waals surface area contributed by atoms with Crippen molar-refractivity contribution in [1.82, 2.24) is 4.98 Å². The quantitative estimate of drug-likeness (QED) is 0.847. The number of rotatable bonds is 2. The highest BCUT2D eigenvalue weighted by Gasteiger charge is 2.09. The first-order chi connectivity index (χ1) is 8.13. The van der Waals surface area contributed by atoms with Crippen LogP contribution in [-0.2, 0) is 5.33 Å². The van der Waals surface area contributed by atoms with Gasteiger partial charge in [-0.05, 0) is 30.2 Å². The van der Waals surface area contributed by atoms with Crippen LogP contribution in [0.4, 0.5) is 4.39 Å². The Morgan fingerprint density at radius 3 is 2.53 bits per heavy atom. The summed E-state index contributed by atoms with van der Waals surface area (Å²) in [5.74, 6) is -0.268. The minimum absolute atomic E-state index is 0.0923. The molecule has 1 aromatic carbocycles. The number of hydrogen-bond acceptors (Lipinski definition) is 1. The molecule has 2 nitrogen and oxygen atoms in total. The van der Waals surface area contributed by atoms with Gasteiger partial charge >= 0.3 is 0 Å². The smallest absolute Gasteiger partial charge is 0.251 e. The van der Waals surface area contributed by atoms with Crippen molar-refractivity contribution in [3.05, 3.63) is 57.8 Å². The topological polar surface area (TPSA) is 32.9 Å². The highest BCUT2D eigenvalue weighted by atomic mass is 79.9. The fraction of sp³-hybridized carbons (Fsp3) is 0.154. The molecule has 0 atom stereocenters. The maximum atomic E-state index is 12.9. The van der Waals surface area contributed by atoms with Crippen LogP contribution in [0.2, 0.25) is 0 Å². The van der Waals surface area contributed by atoms with E-state index in [4.69, 9.17) is 0 Å². The first-order valence-electron chi connectivity index (χ1n) is 5.16. The Kier molecular flexibility index (Phi) is 3.43. The van der Waals surface area contributed by atoms with Crippen LogP contribution in [0, 0.1) is 12.7 Å². The highest BCUT2D eigenvalue weighted by molar-refractivity contribution is 9.08. The predicted octanol–water partition coefficient (Wildman–Crippen LogP) is 3.38. The van der Waals surface area contributed by atoms with E-state index in [0.29, 0.717) is 10.9 Å². The number of pyridine rings is 1. The van der Waals surface area contributed by atoms with Gasteiger partial charge in [-0.2, -0.15) is 0 Å². The van der Waals surface area contributed by atoms with Gasteiger partial charge in [0.2, 0.25) is 0 Å². The van der Waals surface area contributed by atoms with E-state index in [1.807, 2.05) is 0 Å². The Bertz CT molecular complexity index is 589. The third kappa shape index (κ3) is 2.31. The van der Waals surface area contributed by atoms with E-state index >= 15 is 0 Å². The average molecular weight is 296 g/mol. The Labute approximate surface area is 107 Å². The molecule has 0 bridgehead atoms. The number of benzene rings is 1. The van der Waals surface area contributed by atoms with Gasteiger partial charge in [-0.15, -0.1) is 0 Å². The second kappa shape index (κ2) is 4.84. The molecule has 0 fully saturated rings. The van der Waals surface area contributed by atoms with Crippen LogP contribution in [-0.4, -0.2) is 4.98 Å². The molecule has 2 aromatic rings. The second-order valence-electron chi connectivity index (χ2n) is 3.78. The summed E-state index contributed by atoms with van der Waals surface area (Å²) < 4.78 is 12.9. The number of hydrogen-bond donors (Lipinski definition) is 1. The number of alkyl halides is 1. The van der Waals surface area contributed by atoms with E-state index in [0.717, 1.165) is 16.7 Å². The number of aromatic amines is 1. The third-order valence-electron chi connectivity index (χ3n) is 2.75. The molecule has 1 heterocycles. The number of aromatic nitrogens is 1. The molecule has 1 N–H and O–H groups in total. The molecule has 4 heteroatoms. The van der Waals surface area contributed by atoms with E-state index in [9.17, 15) is 9.18 Å². The summed E-state index contributed by atoms with van der Waals surface area (Å²) in [6.45, 7) is 1.78. The van der Waals surface area contributed by atoms with Crippen molar-refractivity contribution in [3.8, 4) is 11.1 Å². The Balaban J connectivity index is 2.63. The lowest BCUT2D eigenvalue weighted by molar-refractivity contribution is 0.628. The van der Waals surface area contributed by atoms with Gasteiger partial charge in [-0.25, -0.2) is 4.39 Å². The average Bonchev–Trinajstić information content (AvgIpc) is 2.34. The molecule has 0 aliphatic carbocycles. The van der Waals surface area contributed by atoms with Gasteiger partial charge in [0.25, 0.3) is 5.56 Å². The summed E-state index contributed by atoms with van der Waals surface area (Å²) in [5.41, 5.74) is 3.33. The van der Waals surface area contributed by atoms with Crippen LogP contribution < -0.4 is 5.56 Å². The van der Waals surface area contributed by atoms with Crippen LogP contribution in [0.3, 0.4) is 0 Å². The molecular weight excluding hydrogens is 285 g/mol. The minimum Gasteiger partial charge on any atom is -0.328 e. The first-order valence-corrected chi connectivity index (χ1v) is 6.28. The molecule has 0 spiro atoms. The first kappa shape index (κ1) is 12.0. The normalized spacial score (nSPS) is 10.5. The van der Waals surface area contributed by atoms with Gasteiger partial charge in [-0.1, -0.05) is 28.1 Å². The third-order valence-corrected chi connectivity index (χ3v) is 3.32.